The molecule has 0 aromatic rings. The summed E-state index contributed by atoms with van der Waals surface area (Å²) in [4.78, 5) is 26.8. The van der Waals surface area contributed by atoms with E-state index in [2.05, 4.69) is 30.0 Å². The van der Waals surface area contributed by atoms with Crippen LogP contribution >= 0.6 is 0 Å². The number of amidine groups is 3. The summed E-state index contributed by atoms with van der Waals surface area (Å²) < 4.78 is 16.0. The Morgan fingerprint density at radius 1 is 0.591 bits per heavy atom. The molecule has 10 nitrogen and oxygen atoms in total. The molecule has 0 aromatic heterocycles. The lowest BCUT2D eigenvalue weighted by molar-refractivity contribution is 0.316. The summed E-state index contributed by atoms with van der Waals surface area (Å²) in [7, 11) is 0. The molecule has 0 amide bonds. The highest BCUT2D eigenvalue weighted by Crippen LogP contribution is 2.17. The second kappa shape index (κ2) is 5.92. The lowest BCUT2D eigenvalue weighted by Crippen LogP contribution is -2.48. The molecule has 0 saturated heterocycles. The van der Waals surface area contributed by atoms with Gasteiger partial charge in [0.2, 0.25) is 17.9 Å². The monoisotopic (exact) mass is 305 g/mol. The fourth-order valence-electron chi connectivity index (χ4n) is 1.81. The van der Waals surface area contributed by atoms with Crippen LogP contribution in [-0.4, -0.2) is 60.7 Å². The summed E-state index contributed by atoms with van der Waals surface area (Å²) in [5, 5.41) is 0. The van der Waals surface area contributed by atoms with Crippen LogP contribution in [0.25, 0.3) is 0 Å². The second-order valence-corrected chi connectivity index (χ2v) is 4.05. The highest BCUT2D eigenvalue weighted by Gasteiger charge is 2.36. The quantitative estimate of drug-likeness (QED) is 0.760. The first-order valence-electron chi connectivity index (χ1n) is 6.95. The number of ether oxygens (including phenoxy) is 3. The lowest BCUT2D eigenvalue weighted by atomic mass is 10.5. The normalized spacial score (nSPS) is 19.0. The Bertz CT molecular complexity index is 569. The van der Waals surface area contributed by atoms with Gasteiger partial charge in [-0.1, -0.05) is 0 Å². The van der Waals surface area contributed by atoms with Crippen molar-refractivity contribution in [2.45, 2.75) is 20.8 Å². The van der Waals surface area contributed by atoms with Crippen LogP contribution in [0.15, 0.2) is 30.0 Å². The first-order chi connectivity index (χ1) is 10.7. The predicted molar refractivity (Wildman–Crippen MR) is 81.3 cm³/mol. The molecular formula is C12H15N7O3. The minimum Gasteiger partial charge on any atom is -0.464 e. The number of guanidine groups is 3. The van der Waals surface area contributed by atoms with Crippen molar-refractivity contribution in [1.82, 2.24) is 4.90 Å². The van der Waals surface area contributed by atoms with E-state index in [4.69, 9.17) is 14.2 Å². The third kappa shape index (κ3) is 2.54. The predicted octanol–water partition coefficient (Wildman–Crippen LogP) is 0.575. The molecule has 0 unspecified atom stereocenters. The van der Waals surface area contributed by atoms with Gasteiger partial charge >= 0.3 is 18.1 Å². The average molecular weight is 305 g/mol. The van der Waals surface area contributed by atoms with E-state index in [1.807, 2.05) is 20.8 Å². The maximum atomic E-state index is 5.34. The minimum absolute atomic E-state index is 0.172. The summed E-state index contributed by atoms with van der Waals surface area (Å²) in [6, 6.07) is 0.517. The van der Waals surface area contributed by atoms with Crippen LogP contribution in [0.5, 0.6) is 0 Å². The Hall–Kier alpha value is -2.78. The Balaban J connectivity index is 2.04. The van der Waals surface area contributed by atoms with E-state index in [1.54, 1.807) is 0 Å². The molecule has 0 bridgehead atoms. The minimum atomic E-state index is 0.172. The zero-order valence-corrected chi connectivity index (χ0v) is 12.5. The van der Waals surface area contributed by atoms with Crippen molar-refractivity contribution in [2.24, 2.45) is 30.0 Å². The smallest absolute Gasteiger partial charge is 0.323 e. The van der Waals surface area contributed by atoms with Crippen molar-refractivity contribution in [1.29, 1.82) is 0 Å². The van der Waals surface area contributed by atoms with E-state index < -0.39 is 0 Å². The molecule has 0 saturated carbocycles. The molecule has 0 fully saturated rings. The Kier molecular flexibility index (Phi) is 3.81. The van der Waals surface area contributed by atoms with Crippen molar-refractivity contribution < 1.29 is 14.2 Å². The van der Waals surface area contributed by atoms with Crippen LogP contribution in [0, 0.1) is 0 Å². The zero-order chi connectivity index (χ0) is 15.5. The molecule has 0 N–H and O–H groups in total. The molecule has 0 spiro atoms. The number of hydrogen-bond acceptors (Lipinski definition) is 10. The van der Waals surface area contributed by atoms with E-state index in [1.165, 1.54) is 4.90 Å². The Morgan fingerprint density at radius 2 is 0.909 bits per heavy atom. The Morgan fingerprint density at radius 3 is 1.18 bits per heavy atom. The third-order valence-electron chi connectivity index (χ3n) is 2.59. The van der Waals surface area contributed by atoms with Gasteiger partial charge in [-0.25, -0.2) is 4.90 Å². The molecule has 116 valence electrons. The zero-order valence-electron chi connectivity index (χ0n) is 12.5. The molecular weight excluding hydrogens is 290 g/mol. The third-order valence-corrected chi connectivity index (χ3v) is 2.59. The molecule has 10 heteroatoms. The topological polar surface area (TPSA) is 105 Å². The van der Waals surface area contributed by atoms with E-state index in [-0.39, 0.29) is 18.1 Å². The SMILES string of the molecule is CCOC1=NC2=NC(OCC)=NC3=NC(OCC)=NC(=N1)N23. The van der Waals surface area contributed by atoms with Crippen LogP contribution in [0.3, 0.4) is 0 Å². The van der Waals surface area contributed by atoms with Gasteiger partial charge in [-0.05, 0) is 20.8 Å². The summed E-state index contributed by atoms with van der Waals surface area (Å²) in [5.41, 5.74) is 0. The fourth-order valence-corrected chi connectivity index (χ4v) is 1.81. The van der Waals surface area contributed by atoms with Crippen LogP contribution < -0.4 is 0 Å². The van der Waals surface area contributed by atoms with E-state index in [9.17, 15) is 0 Å². The number of rotatable bonds is 3. The van der Waals surface area contributed by atoms with Gasteiger partial charge in [-0.3, -0.25) is 0 Å². The first-order valence-corrected chi connectivity index (χ1v) is 6.95. The summed E-state index contributed by atoms with van der Waals surface area (Å²) in [6.45, 7) is 6.81. The molecule has 0 atom stereocenters. The van der Waals surface area contributed by atoms with Gasteiger partial charge in [-0.15, -0.1) is 0 Å². The van der Waals surface area contributed by atoms with Crippen molar-refractivity contribution in [2.75, 3.05) is 19.8 Å². The maximum absolute atomic E-state index is 5.34. The maximum Gasteiger partial charge on any atom is 0.323 e. The van der Waals surface area contributed by atoms with Crippen LogP contribution in [0.4, 0.5) is 0 Å². The van der Waals surface area contributed by atoms with Crippen LogP contribution in [0.1, 0.15) is 20.8 Å². The number of nitrogens with zero attached hydrogens (tertiary/aromatic N) is 7. The molecule has 3 aliphatic rings. The molecule has 0 radical (unpaired) electrons. The lowest BCUT2D eigenvalue weighted by Gasteiger charge is -2.29. The van der Waals surface area contributed by atoms with Crippen LogP contribution in [0.2, 0.25) is 0 Å². The van der Waals surface area contributed by atoms with Crippen molar-refractivity contribution in [3.63, 3.8) is 0 Å². The molecule has 22 heavy (non-hydrogen) atoms. The molecule has 3 rings (SSSR count). The van der Waals surface area contributed by atoms with Crippen molar-refractivity contribution in [3.8, 4) is 0 Å². The fraction of sp³-hybridized carbons (Fsp3) is 0.500. The van der Waals surface area contributed by atoms with Gasteiger partial charge in [0.1, 0.15) is 0 Å². The molecule has 3 heterocycles. The van der Waals surface area contributed by atoms with E-state index >= 15 is 0 Å². The van der Waals surface area contributed by atoms with Gasteiger partial charge in [-0.2, -0.15) is 30.0 Å². The molecule has 0 aliphatic carbocycles. The summed E-state index contributed by atoms with van der Waals surface area (Å²) in [5.74, 6) is 0.889. The van der Waals surface area contributed by atoms with Gasteiger partial charge in [0.25, 0.3) is 0 Å². The van der Waals surface area contributed by atoms with Gasteiger partial charge in [0.05, 0.1) is 19.8 Å². The molecule has 0 aromatic carbocycles. The standard InChI is InChI=1S/C12H15N7O3/c1-4-20-10-13-7-15-11(21-5-2)17-9-18-12(22-6-3)16-8(14-10)19(7)9/h4-6H2,1-3H3. The van der Waals surface area contributed by atoms with Crippen molar-refractivity contribution >= 4 is 35.9 Å². The van der Waals surface area contributed by atoms with Gasteiger partial charge in [0.15, 0.2) is 0 Å². The summed E-state index contributed by atoms with van der Waals surface area (Å²) >= 11 is 0. The van der Waals surface area contributed by atoms with Gasteiger partial charge < -0.3 is 14.2 Å². The average Bonchev–Trinajstić information content (AvgIpc) is 2.47. The summed E-state index contributed by atoms with van der Waals surface area (Å²) in [6.07, 6.45) is 0. The first kappa shape index (κ1) is 14.2. The number of hydrogen-bond donors (Lipinski definition) is 0. The highest BCUT2D eigenvalue weighted by molar-refractivity contribution is 6.28. The molecule has 3 aliphatic heterocycles. The highest BCUT2D eigenvalue weighted by atomic mass is 16.5. The number of aliphatic imine (C=N–C) groups is 6. The Labute approximate surface area is 126 Å². The van der Waals surface area contributed by atoms with E-state index in [0.29, 0.717) is 37.7 Å². The second-order valence-electron chi connectivity index (χ2n) is 4.05. The van der Waals surface area contributed by atoms with Crippen molar-refractivity contribution in [3.05, 3.63) is 0 Å². The van der Waals surface area contributed by atoms with Gasteiger partial charge in [0, 0.05) is 0 Å². The van der Waals surface area contributed by atoms with Crippen LogP contribution in [-0.2, 0) is 14.2 Å². The largest absolute Gasteiger partial charge is 0.464 e. The van der Waals surface area contributed by atoms with E-state index in [0.717, 1.165) is 0 Å².